The lowest BCUT2D eigenvalue weighted by Crippen LogP contribution is -2.55. The number of fused-ring (bicyclic) bond motifs is 10. The van der Waals surface area contributed by atoms with Gasteiger partial charge in [0.15, 0.2) is 0 Å². The fourth-order valence-corrected chi connectivity index (χ4v) is 17.4. The molecular formula is C55H76N2. The van der Waals surface area contributed by atoms with E-state index in [-0.39, 0.29) is 0 Å². The highest BCUT2D eigenvalue weighted by molar-refractivity contribution is 5.32. The summed E-state index contributed by atoms with van der Waals surface area (Å²) in [5.74, 6) is 7.45. The molecule has 0 aromatic heterocycles. The minimum Gasteiger partial charge on any atom is -0.369 e. The molecule has 0 aliphatic heterocycles. The van der Waals surface area contributed by atoms with Crippen LogP contribution in [0, 0.1) is 58.7 Å². The Morgan fingerprint density at radius 3 is 2.14 bits per heavy atom. The maximum atomic E-state index is 3.23. The summed E-state index contributed by atoms with van der Waals surface area (Å²) in [5.41, 5.74) is 3.96. The Labute approximate surface area is 347 Å². The topological polar surface area (TPSA) is 6.48 Å². The van der Waals surface area contributed by atoms with E-state index in [1.807, 2.05) is 0 Å². The molecule has 0 radical (unpaired) electrons. The van der Waals surface area contributed by atoms with E-state index in [2.05, 4.69) is 94.9 Å². The molecule has 5 fully saturated rings. The summed E-state index contributed by atoms with van der Waals surface area (Å²) in [7, 11) is 0. The van der Waals surface area contributed by atoms with Gasteiger partial charge in [-0.25, -0.2) is 0 Å². The summed E-state index contributed by atoms with van der Waals surface area (Å²) in [5, 5.41) is 0. The molecule has 0 aromatic carbocycles. The van der Waals surface area contributed by atoms with Gasteiger partial charge in [0.05, 0.1) is 0 Å². The van der Waals surface area contributed by atoms with E-state index >= 15 is 0 Å². The molecule has 306 valence electrons. The van der Waals surface area contributed by atoms with Gasteiger partial charge in [0, 0.05) is 35.9 Å². The monoisotopic (exact) mass is 765 g/mol. The van der Waals surface area contributed by atoms with E-state index in [0.29, 0.717) is 11.5 Å². The number of rotatable bonds is 7. The molecule has 11 aliphatic carbocycles. The molecule has 0 heterocycles. The van der Waals surface area contributed by atoms with Crippen LogP contribution in [0.3, 0.4) is 0 Å². The highest BCUT2D eigenvalue weighted by atomic mass is 15.2. The van der Waals surface area contributed by atoms with E-state index in [1.165, 1.54) is 154 Å². The molecule has 0 amide bonds. The summed E-state index contributed by atoms with van der Waals surface area (Å²) in [4.78, 5) is 6.43. The van der Waals surface area contributed by atoms with Crippen molar-refractivity contribution in [3.63, 3.8) is 0 Å². The molecule has 11 rings (SSSR count). The van der Waals surface area contributed by atoms with Crippen molar-refractivity contribution >= 4 is 0 Å². The van der Waals surface area contributed by atoms with E-state index in [4.69, 9.17) is 0 Å². The Balaban J connectivity index is 0.961. The first kappa shape index (κ1) is 37.7. The van der Waals surface area contributed by atoms with Gasteiger partial charge in [-0.15, -0.1) is 0 Å². The molecule has 12 atom stereocenters. The summed E-state index contributed by atoms with van der Waals surface area (Å²) >= 11 is 0. The average molecular weight is 765 g/mol. The summed E-state index contributed by atoms with van der Waals surface area (Å²) in [6.45, 7) is 0. The van der Waals surface area contributed by atoms with Gasteiger partial charge in [-0.2, -0.15) is 0 Å². The third kappa shape index (κ3) is 6.49. The van der Waals surface area contributed by atoms with Crippen LogP contribution in [-0.2, 0) is 0 Å². The smallest absolute Gasteiger partial charge is 0.0323 e. The fraction of sp³-hybridized carbons (Fsp3) is 0.709. The molecule has 11 aliphatic rings. The number of hydrogen-bond acceptors (Lipinski definition) is 2. The highest BCUT2D eigenvalue weighted by Gasteiger charge is 2.72. The van der Waals surface area contributed by atoms with Gasteiger partial charge < -0.3 is 4.90 Å². The molecule has 0 N–H and O–H groups in total. The second-order valence-corrected chi connectivity index (χ2v) is 21.4. The Morgan fingerprint density at radius 2 is 1.33 bits per heavy atom. The van der Waals surface area contributed by atoms with Crippen LogP contribution >= 0.6 is 0 Å². The molecule has 57 heavy (non-hydrogen) atoms. The van der Waals surface area contributed by atoms with E-state index in [9.17, 15) is 0 Å². The zero-order valence-electron chi connectivity index (χ0n) is 35.5. The van der Waals surface area contributed by atoms with Crippen molar-refractivity contribution in [2.75, 3.05) is 0 Å². The molecule has 2 nitrogen and oxygen atoms in total. The van der Waals surface area contributed by atoms with Crippen LogP contribution in [0.15, 0.2) is 96.3 Å². The number of allylic oxidation sites excluding steroid dienone is 14. The van der Waals surface area contributed by atoms with E-state index in [1.54, 1.807) is 11.3 Å². The van der Waals surface area contributed by atoms with Crippen molar-refractivity contribution in [1.82, 2.24) is 9.80 Å². The van der Waals surface area contributed by atoms with Crippen LogP contribution < -0.4 is 0 Å². The first-order valence-corrected chi connectivity index (χ1v) is 25.2. The fourth-order valence-electron chi connectivity index (χ4n) is 17.4. The van der Waals surface area contributed by atoms with Crippen LogP contribution in [0.4, 0.5) is 0 Å². The highest BCUT2D eigenvalue weighted by Crippen LogP contribution is 2.76. The quantitative estimate of drug-likeness (QED) is 0.238. The summed E-state index contributed by atoms with van der Waals surface area (Å²) in [6, 6.07) is 3.62. The van der Waals surface area contributed by atoms with Crippen molar-refractivity contribution in [2.24, 2.45) is 58.7 Å². The Morgan fingerprint density at radius 1 is 0.526 bits per heavy atom. The molecule has 0 aromatic rings. The van der Waals surface area contributed by atoms with Gasteiger partial charge in [-0.1, -0.05) is 110 Å². The second-order valence-electron chi connectivity index (χ2n) is 21.4. The van der Waals surface area contributed by atoms with Crippen molar-refractivity contribution < 1.29 is 0 Å². The Hall–Kier alpha value is -2.32. The van der Waals surface area contributed by atoms with Gasteiger partial charge >= 0.3 is 0 Å². The predicted molar refractivity (Wildman–Crippen MR) is 238 cm³/mol. The Kier molecular flexibility index (Phi) is 10.8. The van der Waals surface area contributed by atoms with Gasteiger partial charge in [0.25, 0.3) is 0 Å². The van der Waals surface area contributed by atoms with Gasteiger partial charge in [-0.3, -0.25) is 4.90 Å². The third-order valence-electron chi connectivity index (χ3n) is 19.2. The van der Waals surface area contributed by atoms with Gasteiger partial charge in [-0.05, 0) is 193 Å². The lowest BCUT2D eigenvalue weighted by atomic mass is 9.53. The van der Waals surface area contributed by atoms with Crippen molar-refractivity contribution in [3.8, 4) is 0 Å². The largest absolute Gasteiger partial charge is 0.369 e. The van der Waals surface area contributed by atoms with E-state index in [0.717, 1.165) is 77.4 Å². The third-order valence-corrected chi connectivity index (χ3v) is 19.2. The molecule has 1 spiro atoms. The number of nitrogens with zero attached hydrogens (tertiary/aromatic N) is 2. The van der Waals surface area contributed by atoms with Crippen molar-refractivity contribution in [2.45, 2.75) is 184 Å². The second kappa shape index (κ2) is 16.3. The van der Waals surface area contributed by atoms with Crippen LogP contribution in [0.25, 0.3) is 0 Å². The van der Waals surface area contributed by atoms with Crippen LogP contribution in [0.1, 0.15) is 154 Å². The molecule has 0 bridgehead atoms. The zero-order chi connectivity index (χ0) is 37.8. The maximum absolute atomic E-state index is 3.23. The van der Waals surface area contributed by atoms with Crippen LogP contribution in [0.5, 0.6) is 0 Å². The minimum absolute atomic E-state index is 0.462. The van der Waals surface area contributed by atoms with Crippen molar-refractivity contribution in [3.05, 3.63) is 96.3 Å². The predicted octanol–water partition coefficient (Wildman–Crippen LogP) is 13.6. The van der Waals surface area contributed by atoms with Crippen molar-refractivity contribution in [1.29, 1.82) is 0 Å². The lowest BCUT2D eigenvalue weighted by Gasteiger charge is -2.55. The van der Waals surface area contributed by atoms with E-state index < -0.39 is 0 Å². The zero-order valence-corrected chi connectivity index (χ0v) is 35.5. The van der Waals surface area contributed by atoms with Gasteiger partial charge in [0.1, 0.15) is 0 Å². The molecule has 5 saturated carbocycles. The summed E-state index contributed by atoms with van der Waals surface area (Å²) < 4.78 is 0. The molecule has 2 heteroatoms. The first-order chi connectivity index (χ1) is 28.3. The Bertz CT molecular complexity index is 1690. The minimum atomic E-state index is 0.462. The lowest BCUT2D eigenvalue weighted by molar-refractivity contribution is -0.0389. The first-order valence-electron chi connectivity index (χ1n) is 25.2. The SMILES string of the molecule is C1=CCCC(C2CCC(N(C3C=CC4C5C=CCCC5C5(C6C=CCCC6C6C5CCC[C@H]6N(C5=CC=CCC5)C5CCCCC5)C4C3)C3CC=CCC3)CC2)=C1. The van der Waals surface area contributed by atoms with Crippen LogP contribution in [0.2, 0.25) is 0 Å². The normalized spacial score (nSPS) is 45.0. The number of hydrogen-bond donors (Lipinski definition) is 0. The summed E-state index contributed by atoms with van der Waals surface area (Å²) in [6.07, 6.45) is 69.8. The molecule has 0 saturated heterocycles. The van der Waals surface area contributed by atoms with Gasteiger partial charge in [0.2, 0.25) is 0 Å². The van der Waals surface area contributed by atoms with Crippen LogP contribution in [-0.4, -0.2) is 40.0 Å². The molecule has 11 unspecified atom stereocenters. The average Bonchev–Trinajstić information content (AvgIpc) is 3.76. The standard InChI is InChI=1S/C55H76N2/c1-5-18-39(19-6-1)40-32-34-44(35-33-40)56(41-20-7-2-8-21-41)45-36-37-47-46-26-13-15-28-49(46)55(52(47)38-45)50-29-16-14-27-48(50)54-51(55)30-17-31-53(54)57(42-22-9-3-10-23-42)43-24-11-4-12-25-43/h1-3,5,7,9,13,16,18,22,26,29,36-37,40-41,43-54H,4,6,8,10-12,14-15,17,19-21,23-25,27-28,30-35,38H2/t40?,41?,44?,45?,46?,47?,48?,49?,50?,51?,52?,53-,54?,55?/m1/s1. The maximum Gasteiger partial charge on any atom is 0.0323 e. The molecular weight excluding hydrogens is 689 g/mol.